The molecule has 0 rings (SSSR count). The fourth-order valence-electron chi connectivity index (χ4n) is 0. The van der Waals surface area contributed by atoms with Crippen molar-refractivity contribution in [2.45, 2.75) is 0 Å². The zero-order chi connectivity index (χ0) is 7.15. The van der Waals surface area contributed by atoms with Gasteiger partial charge in [0.1, 0.15) is 0 Å². The Kier molecular flexibility index (Phi) is 61.4. The van der Waals surface area contributed by atoms with E-state index in [0.717, 1.165) is 0 Å². The minimum absolute atomic E-state index is 0. The Morgan fingerprint density at radius 2 is 0.455 bits per heavy atom. The van der Waals surface area contributed by atoms with E-state index in [0.29, 0.717) is 0 Å². The first-order valence-corrected chi connectivity index (χ1v) is 3.60. The first kappa shape index (κ1) is 29.2. The van der Waals surface area contributed by atoms with Gasteiger partial charge in [-0.15, -0.1) is 0 Å². The standard InChI is InChI=1S/2H3O3P.3Te/c2*1-4(2)3;;;/h2*1-3H;;;. The molecule has 0 aliphatic rings. The zero-order valence-electron chi connectivity index (χ0n) is 4.80. The molecule has 0 atom stereocenters. The summed E-state index contributed by atoms with van der Waals surface area (Å²) in [5.74, 6) is 0. The van der Waals surface area contributed by atoms with Crippen molar-refractivity contribution in [2.75, 3.05) is 0 Å². The molecule has 11 heteroatoms. The molecule has 0 bridgehead atoms. The van der Waals surface area contributed by atoms with E-state index in [4.69, 9.17) is 29.4 Å². The van der Waals surface area contributed by atoms with E-state index < -0.39 is 17.2 Å². The van der Waals surface area contributed by atoms with Gasteiger partial charge in [-0.25, -0.2) is 0 Å². The normalized spacial score (nSPS) is 6.55. The molecule has 0 saturated carbocycles. The van der Waals surface area contributed by atoms with Gasteiger partial charge in [-0.3, -0.25) is 0 Å². The van der Waals surface area contributed by atoms with Crippen molar-refractivity contribution >= 4 is 88.2 Å². The van der Waals surface area contributed by atoms with Gasteiger partial charge in [0.15, 0.2) is 0 Å². The van der Waals surface area contributed by atoms with E-state index in [2.05, 4.69) is 0 Å². The number of rotatable bonds is 0. The van der Waals surface area contributed by atoms with Gasteiger partial charge in [0.05, 0.1) is 0 Å². The van der Waals surface area contributed by atoms with Crippen LogP contribution in [0.2, 0.25) is 0 Å². The average Bonchev–Trinajstić information content (AvgIpc) is 1.25. The molecule has 0 amide bonds. The Balaban J connectivity index is -0.0000000171. The molecule has 0 aromatic carbocycles. The van der Waals surface area contributed by atoms with Crippen LogP contribution in [-0.4, -0.2) is 100 Å². The van der Waals surface area contributed by atoms with Crippen LogP contribution in [0.4, 0.5) is 0 Å². The van der Waals surface area contributed by atoms with Crippen LogP contribution in [0.3, 0.4) is 0 Å². The van der Waals surface area contributed by atoms with Gasteiger partial charge in [0.25, 0.3) is 0 Å². The SMILES string of the molecule is OP(O)O.OP(O)O.[Te].[Te].[Te]. The fourth-order valence-corrected chi connectivity index (χ4v) is 0. The van der Waals surface area contributed by atoms with E-state index in [9.17, 15) is 0 Å². The van der Waals surface area contributed by atoms with E-state index in [-0.39, 0.29) is 71.0 Å². The Morgan fingerprint density at radius 1 is 0.455 bits per heavy atom. The molecule has 0 aliphatic carbocycles. The van der Waals surface area contributed by atoms with Crippen LogP contribution in [0.5, 0.6) is 0 Å². The first-order valence-electron chi connectivity index (χ1n) is 1.20. The van der Waals surface area contributed by atoms with Gasteiger partial charge < -0.3 is 29.4 Å². The summed E-state index contributed by atoms with van der Waals surface area (Å²) in [6.07, 6.45) is 0. The Morgan fingerprint density at radius 3 is 0.455 bits per heavy atom. The van der Waals surface area contributed by atoms with Crippen LogP contribution in [0.25, 0.3) is 0 Å². The quantitative estimate of drug-likeness (QED) is 0.145. The Labute approximate surface area is 116 Å². The molecule has 0 aromatic rings. The van der Waals surface area contributed by atoms with E-state index >= 15 is 0 Å². The fraction of sp³-hybridized carbons (Fsp3) is 0. The summed E-state index contributed by atoms with van der Waals surface area (Å²) in [6.45, 7) is 0. The summed E-state index contributed by atoms with van der Waals surface area (Å²) in [5, 5.41) is 0. The molecule has 6 N–H and O–H groups in total. The summed E-state index contributed by atoms with van der Waals surface area (Å²) in [7, 11) is -5.24. The molecule has 0 fully saturated rings. The summed E-state index contributed by atoms with van der Waals surface area (Å²) < 4.78 is 0. The van der Waals surface area contributed by atoms with Crippen LogP contribution in [0.1, 0.15) is 0 Å². The molecule has 0 heterocycles. The second-order valence-corrected chi connectivity index (χ2v) is 1.61. The van der Waals surface area contributed by atoms with Crippen molar-refractivity contribution < 1.29 is 29.4 Å². The zero-order valence-corrected chi connectivity index (χ0v) is 13.6. The second-order valence-electron chi connectivity index (χ2n) is 0.537. The molecule has 0 unspecified atom stereocenters. The third-order valence-corrected chi connectivity index (χ3v) is 0. The maximum Gasteiger partial charge on any atom is 0.324 e. The van der Waals surface area contributed by atoms with Gasteiger partial charge in [-0.1, -0.05) is 0 Å². The van der Waals surface area contributed by atoms with Gasteiger partial charge in [0.2, 0.25) is 0 Å². The molecule has 0 aliphatic heterocycles. The maximum atomic E-state index is 7.23. The van der Waals surface area contributed by atoms with Crippen molar-refractivity contribution in [2.24, 2.45) is 0 Å². The van der Waals surface area contributed by atoms with E-state index in [1.807, 2.05) is 0 Å². The topological polar surface area (TPSA) is 121 Å². The molecule has 6 radical (unpaired) electrons. The average molecular weight is 547 g/mol. The van der Waals surface area contributed by atoms with Gasteiger partial charge in [-0.05, 0) is 0 Å². The summed E-state index contributed by atoms with van der Waals surface area (Å²) >= 11 is 0. The maximum absolute atomic E-state index is 7.23. The van der Waals surface area contributed by atoms with Crippen molar-refractivity contribution in [1.29, 1.82) is 0 Å². The van der Waals surface area contributed by atoms with E-state index in [1.54, 1.807) is 0 Å². The molecule has 0 aromatic heterocycles. The predicted octanol–water partition coefficient (Wildman–Crippen LogP) is -2.76. The smallest absolute Gasteiger partial charge is 0.324 e. The monoisotopic (exact) mass is 554 g/mol. The third-order valence-electron chi connectivity index (χ3n) is 0. The van der Waals surface area contributed by atoms with Crippen molar-refractivity contribution in [1.82, 2.24) is 0 Å². The molecule has 70 valence electrons. The van der Waals surface area contributed by atoms with Crippen molar-refractivity contribution in [3.8, 4) is 0 Å². The largest absolute Gasteiger partial charge is 0.328 e. The Hall–Kier alpha value is 2.99. The van der Waals surface area contributed by atoms with E-state index in [1.165, 1.54) is 0 Å². The van der Waals surface area contributed by atoms with Gasteiger partial charge >= 0.3 is 17.2 Å². The van der Waals surface area contributed by atoms with Crippen LogP contribution in [0.15, 0.2) is 0 Å². The molecular weight excluding hydrogens is 541 g/mol. The predicted molar refractivity (Wildman–Crippen MR) is 44.4 cm³/mol. The van der Waals surface area contributed by atoms with Gasteiger partial charge in [-0.2, -0.15) is 0 Å². The molecular formula is H6O6P2Te3. The first-order chi connectivity index (χ1) is 3.46. The summed E-state index contributed by atoms with van der Waals surface area (Å²) in [6, 6.07) is 0. The number of hydrogen-bond donors (Lipinski definition) is 6. The molecule has 0 spiro atoms. The molecule has 0 saturated heterocycles. The van der Waals surface area contributed by atoms with Crippen LogP contribution in [-0.2, 0) is 0 Å². The van der Waals surface area contributed by atoms with Crippen molar-refractivity contribution in [3.05, 3.63) is 0 Å². The Bertz CT molecular complexity index is 31.3. The minimum atomic E-state index is -2.62. The van der Waals surface area contributed by atoms with Crippen molar-refractivity contribution in [3.63, 3.8) is 0 Å². The van der Waals surface area contributed by atoms with Gasteiger partial charge in [0, 0.05) is 71.0 Å². The third kappa shape index (κ3) is 176. The summed E-state index contributed by atoms with van der Waals surface area (Å²) in [4.78, 5) is 43.4. The van der Waals surface area contributed by atoms with Crippen LogP contribution >= 0.6 is 17.2 Å². The summed E-state index contributed by atoms with van der Waals surface area (Å²) in [5.41, 5.74) is 0. The minimum Gasteiger partial charge on any atom is -0.328 e. The molecule has 6 nitrogen and oxygen atoms in total. The second kappa shape index (κ2) is 23.1. The molecule has 11 heavy (non-hydrogen) atoms. The van der Waals surface area contributed by atoms with Crippen LogP contribution in [0, 0.1) is 0 Å². The van der Waals surface area contributed by atoms with Crippen LogP contribution < -0.4 is 0 Å². The number of hydrogen-bond acceptors (Lipinski definition) is 6.